The first kappa shape index (κ1) is 15.5. The van der Waals surface area contributed by atoms with E-state index in [0.29, 0.717) is 19.8 Å². The Kier molecular flexibility index (Phi) is 6.31. The first-order valence-electron chi connectivity index (χ1n) is 6.20. The van der Waals surface area contributed by atoms with Crippen molar-refractivity contribution in [3.05, 3.63) is 12.7 Å². The maximum absolute atomic E-state index is 11.8. The second kappa shape index (κ2) is 7.75. The van der Waals surface area contributed by atoms with Crippen LogP contribution in [0.25, 0.3) is 0 Å². The molecule has 2 amide bonds. The molecule has 0 bridgehead atoms. The summed E-state index contributed by atoms with van der Waals surface area (Å²) in [6, 6.07) is -1.45. The van der Waals surface area contributed by atoms with Crippen molar-refractivity contribution in [3.63, 3.8) is 0 Å². The first-order valence-corrected chi connectivity index (χ1v) is 6.20. The second-order valence-electron chi connectivity index (χ2n) is 4.32. The lowest BCUT2D eigenvalue weighted by atomic mass is 10.2. The Morgan fingerprint density at radius 3 is 2.84 bits per heavy atom. The Labute approximate surface area is 111 Å². The largest absolute Gasteiger partial charge is 0.480 e. The summed E-state index contributed by atoms with van der Waals surface area (Å²) in [5.74, 6) is -1.10. The average molecular weight is 272 g/mol. The van der Waals surface area contributed by atoms with E-state index in [1.807, 2.05) is 0 Å². The minimum absolute atomic E-state index is 0.0418. The number of amides is 2. The second-order valence-corrected chi connectivity index (χ2v) is 4.32. The number of nitrogens with one attached hydrogen (secondary N) is 1. The molecule has 0 aromatic rings. The molecule has 0 radical (unpaired) electrons. The average Bonchev–Trinajstić information content (AvgIpc) is 2.76. The van der Waals surface area contributed by atoms with Gasteiger partial charge in [-0.25, -0.2) is 9.59 Å². The van der Waals surface area contributed by atoms with Gasteiger partial charge in [-0.05, 0) is 6.42 Å². The molecule has 2 atom stereocenters. The standard InChI is InChI=1S/C12H20N2O5/c1-2-3-5-19-6-4-13-12(18)14-8-9(15)7-10(14)11(16)17/h2,9-10,15H,1,3-8H2,(H,13,18)(H,16,17)/t9-,10+/m1/s1. The Hall–Kier alpha value is -1.60. The van der Waals surface area contributed by atoms with Gasteiger partial charge in [-0.1, -0.05) is 6.08 Å². The van der Waals surface area contributed by atoms with E-state index in [9.17, 15) is 14.7 Å². The van der Waals surface area contributed by atoms with Gasteiger partial charge in [-0.15, -0.1) is 6.58 Å². The highest BCUT2D eigenvalue weighted by molar-refractivity contribution is 5.83. The number of carbonyl (C=O) groups excluding carboxylic acids is 1. The van der Waals surface area contributed by atoms with E-state index in [2.05, 4.69) is 11.9 Å². The smallest absolute Gasteiger partial charge is 0.326 e. The van der Waals surface area contributed by atoms with E-state index in [1.165, 1.54) is 0 Å². The molecule has 1 fully saturated rings. The van der Waals surface area contributed by atoms with Gasteiger partial charge >= 0.3 is 12.0 Å². The van der Waals surface area contributed by atoms with Crippen molar-refractivity contribution in [2.45, 2.75) is 25.0 Å². The number of aliphatic hydroxyl groups excluding tert-OH is 1. The number of aliphatic hydroxyl groups is 1. The van der Waals surface area contributed by atoms with Gasteiger partial charge in [0.25, 0.3) is 0 Å². The van der Waals surface area contributed by atoms with Crippen molar-refractivity contribution in [1.82, 2.24) is 10.2 Å². The zero-order valence-corrected chi connectivity index (χ0v) is 10.7. The van der Waals surface area contributed by atoms with Crippen molar-refractivity contribution < 1.29 is 24.5 Å². The number of rotatable bonds is 7. The van der Waals surface area contributed by atoms with Gasteiger partial charge in [-0.3, -0.25) is 0 Å². The van der Waals surface area contributed by atoms with Crippen molar-refractivity contribution in [1.29, 1.82) is 0 Å². The Balaban J connectivity index is 2.28. The van der Waals surface area contributed by atoms with Gasteiger partial charge < -0.3 is 25.2 Å². The van der Waals surface area contributed by atoms with E-state index in [4.69, 9.17) is 9.84 Å². The molecule has 0 spiro atoms. The molecule has 0 aromatic carbocycles. The number of carboxylic acids is 1. The third-order valence-corrected chi connectivity index (χ3v) is 2.81. The summed E-state index contributed by atoms with van der Waals surface area (Å²) < 4.78 is 5.21. The van der Waals surface area contributed by atoms with Gasteiger partial charge in [0.1, 0.15) is 6.04 Å². The SMILES string of the molecule is C=CCCOCCNC(=O)N1C[C@H](O)C[C@H]1C(=O)O. The van der Waals surface area contributed by atoms with Crippen LogP contribution in [-0.4, -0.2) is 65.6 Å². The van der Waals surface area contributed by atoms with E-state index in [1.54, 1.807) is 6.08 Å². The maximum atomic E-state index is 11.8. The monoisotopic (exact) mass is 272 g/mol. The summed E-state index contributed by atoms with van der Waals surface area (Å²) in [4.78, 5) is 23.8. The van der Waals surface area contributed by atoms with E-state index < -0.39 is 24.1 Å². The van der Waals surface area contributed by atoms with Crippen molar-refractivity contribution in [2.24, 2.45) is 0 Å². The molecule has 0 unspecified atom stereocenters. The Morgan fingerprint density at radius 2 is 2.21 bits per heavy atom. The number of aliphatic carboxylic acids is 1. The number of carboxylic acid groups (broad SMARTS) is 1. The number of hydrogen-bond acceptors (Lipinski definition) is 4. The normalized spacial score (nSPS) is 22.3. The van der Waals surface area contributed by atoms with Crippen LogP contribution in [0.2, 0.25) is 0 Å². The zero-order valence-electron chi connectivity index (χ0n) is 10.7. The summed E-state index contributed by atoms with van der Waals surface area (Å²) in [5.41, 5.74) is 0. The fourth-order valence-corrected chi connectivity index (χ4v) is 1.87. The van der Waals surface area contributed by atoms with Crippen LogP contribution in [0.1, 0.15) is 12.8 Å². The Bertz CT molecular complexity index is 334. The van der Waals surface area contributed by atoms with Crippen LogP contribution in [0, 0.1) is 0 Å². The molecule has 108 valence electrons. The molecule has 3 N–H and O–H groups in total. The molecule has 0 saturated carbocycles. The van der Waals surface area contributed by atoms with Gasteiger partial charge in [0, 0.05) is 19.5 Å². The molecule has 0 aliphatic carbocycles. The van der Waals surface area contributed by atoms with Crippen LogP contribution in [-0.2, 0) is 9.53 Å². The summed E-state index contributed by atoms with van der Waals surface area (Å²) in [7, 11) is 0. The van der Waals surface area contributed by atoms with Crippen molar-refractivity contribution in [3.8, 4) is 0 Å². The fraction of sp³-hybridized carbons (Fsp3) is 0.667. The molecule has 1 rings (SSSR count). The van der Waals surface area contributed by atoms with Gasteiger partial charge in [0.05, 0.1) is 19.3 Å². The third kappa shape index (κ3) is 4.88. The van der Waals surface area contributed by atoms with Crippen LogP contribution in [0.3, 0.4) is 0 Å². The molecule has 19 heavy (non-hydrogen) atoms. The van der Waals surface area contributed by atoms with Crippen LogP contribution in [0.4, 0.5) is 4.79 Å². The summed E-state index contributed by atoms with van der Waals surface area (Å²) in [6.07, 6.45) is 1.77. The number of ether oxygens (including phenoxy) is 1. The third-order valence-electron chi connectivity index (χ3n) is 2.81. The molecule has 0 aromatic heterocycles. The molecule has 7 heteroatoms. The summed E-state index contributed by atoms with van der Waals surface area (Å²) in [5, 5.41) is 20.9. The molecule has 1 aliphatic heterocycles. The molecule has 7 nitrogen and oxygen atoms in total. The minimum atomic E-state index is -1.10. The highest BCUT2D eigenvalue weighted by Crippen LogP contribution is 2.17. The lowest BCUT2D eigenvalue weighted by molar-refractivity contribution is -0.141. The number of β-amino-alcohol motifs (C(OH)–C–C–N with tert-alkyl or cyclic N) is 1. The molecule has 1 saturated heterocycles. The predicted molar refractivity (Wildman–Crippen MR) is 67.8 cm³/mol. The maximum Gasteiger partial charge on any atom is 0.326 e. The summed E-state index contributed by atoms with van der Waals surface area (Å²) in [6.45, 7) is 4.79. The van der Waals surface area contributed by atoms with E-state index >= 15 is 0 Å². The number of urea groups is 1. The lowest BCUT2D eigenvalue weighted by Crippen LogP contribution is -2.46. The predicted octanol–water partition coefficient (Wildman–Crippen LogP) is -0.191. The Morgan fingerprint density at radius 1 is 1.47 bits per heavy atom. The molecular weight excluding hydrogens is 252 g/mol. The highest BCUT2D eigenvalue weighted by Gasteiger charge is 2.38. The van der Waals surface area contributed by atoms with Crippen LogP contribution in [0.5, 0.6) is 0 Å². The molecule has 1 heterocycles. The van der Waals surface area contributed by atoms with Crippen molar-refractivity contribution >= 4 is 12.0 Å². The quantitative estimate of drug-likeness (QED) is 0.440. The van der Waals surface area contributed by atoms with Crippen molar-refractivity contribution in [2.75, 3.05) is 26.3 Å². The van der Waals surface area contributed by atoms with Gasteiger partial charge in [-0.2, -0.15) is 0 Å². The number of hydrogen-bond donors (Lipinski definition) is 3. The molecular formula is C12H20N2O5. The summed E-state index contributed by atoms with van der Waals surface area (Å²) >= 11 is 0. The van der Waals surface area contributed by atoms with E-state index in [0.717, 1.165) is 11.3 Å². The first-order chi connectivity index (χ1) is 9.06. The topological polar surface area (TPSA) is 99.1 Å². The van der Waals surface area contributed by atoms with Crippen LogP contribution >= 0.6 is 0 Å². The lowest BCUT2D eigenvalue weighted by Gasteiger charge is -2.21. The number of likely N-dealkylation sites (tertiary alicyclic amines) is 1. The minimum Gasteiger partial charge on any atom is -0.480 e. The van der Waals surface area contributed by atoms with Crippen LogP contribution in [0.15, 0.2) is 12.7 Å². The van der Waals surface area contributed by atoms with Gasteiger partial charge in [0.2, 0.25) is 0 Å². The fourth-order valence-electron chi connectivity index (χ4n) is 1.87. The van der Waals surface area contributed by atoms with E-state index in [-0.39, 0.29) is 13.0 Å². The number of nitrogens with zero attached hydrogens (tertiary/aromatic N) is 1. The highest BCUT2D eigenvalue weighted by atomic mass is 16.5. The number of carbonyl (C=O) groups is 2. The zero-order chi connectivity index (χ0) is 14.3. The van der Waals surface area contributed by atoms with Gasteiger partial charge in [0.15, 0.2) is 0 Å². The molecule has 1 aliphatic rings. The van der Waals surface area contributed by atoms with Crippen LogP contribution < -0.4 is 5.32 Å².